The topological polar surface area (TPSA) is 61.4 Å². The van der Waals surface area contributed by atoms with E-state index in [9.17, 15) is 8.42 Å². The Kier molecular flexibility index (Phi) is 3.28. The van der Waals surface area contributed by atoms with Crippen LogP contribution in [0.25, 0.3) is 0 Å². The van der Waals surface area contributed by atoms with E-state index in [0.29, 0.717) is 0 Å². The Labute approximate surface area is 79.7 Å². The van der Waals surface area contributed by atoms with Crippen molar-refractivity contribution in [1.82, 2.24) is 14.3 Å². The molecule has 0 spiro atoms. The Morgan fingerprint density at radius 2 is 2.00 bits per heavy atom. The lowest BCUT2D eigenvalue weighted by Crippen LogP contribution is -2.59. The monoisotopic (exact) mass is 207 g/mol. The van der Waals surface area contributed by atoms with Gasteiger partial charge in [0.2, 0.25) is 0 Å². The number of rotatable bonds is 4. The van der Waals surface area contributed by atoms with Gasteiger partial charge in [0.25, 0.3) is 10.2 Å². The molecule has 1 fully saturated rings. The lowest BCUT2D eigenvalue weighted by atomic mass is 10.2. The minimum absolute atomic E-state index is 0.00876. The predicted molar refractivity (Wildman–Crippen MR) is 51.6 cm³/mol. The van der Waals surface area contributed by atoms with Gasteiger partial charge in [0.15, 0.2) is 0 Å². The largest absolute Gasteiger partial charge is 0.313 e. The maximum atomic E-state index is 11.6. The summed E-state index contributed by atoms with van der Waals surface area (Å²) in [5.74, 6) is 0. The smallest absolute Gasteiger partial charge is 0.279 e. The normalized spacial score (nSPS) is 19.5. The Morgan fingerprint density at radius 1 is 1.46 bits per heavy atom. The second-order valence-electron chi connectivity index (χ2n) is 3.59. The van der Waals surface area contributed by atoms with E-state index in [1.54, 1.807) is 7.05 Å². The van der Waals surface area contributed by atoms with Gasteiger partial charge in [-0.1, -0.05) is 0 Å². The molecule has 78 valence electrons. The highest BCUT2D eigenvalue weighted by atomic mass is 32.2. The van der Waals surface area contributed by atoms with Crippen molar-refractivity contribution in [3.05, 3.63) is 0 Å². The highest BCUT2D eigenvalue weighted by molar-refractivity contribution is 7.87. The summed E-state index contributed by atoms with van der Waals surface area (Å²) in [6.07, 6.45) is 0. The molecule has 0 amide bonds. The third-order valence-electron chi connectivity index (χ3n) is 2.20. The molecule has 0 radical (unpaired) electrons. The molecule has 1 rings (SSSR count). The summed E-state index contributed by atoms with van der Waals surface area (Å²) in [5, 5.41) is 3.01. The van der Waals surface area contributed by atoms with Crippen molar-refractivity contribution in [2.75, 3.05) is 20.1 Å². The second-order valence-corrected chi connectivity index (χ2v) is 5.35. The van der Waals surface area contributed by atoms with Gasteiger partial charge in [-0.15, -0.1) is 0 Å². The van der Waals surface area contributed by atoms with E-state index in [2.05, 4.69) is 10.0 Å². The molecule has 0 aromatic heterocycles. The van der Waals surface area contributed by atoms with Crippen molar-refractivity contribution < 1.29 is 8.42 Å². The summed E-state index contributed by atoms with van der Waals surface area (Å²) in [5.41, 5.74) is 0. The van der Waals surface area contributed by atoms with E-state index >= 15 is 0 Å². The van der Waals surface area contributed by atoms with Gasteiger partial charge in [-0.3, -0.25) is 0 Å². The lowest BCUT2D eigenvalue weighted by molar-refractivity contribution is 0.367. The zero-order valence-corrected chi connectivity index (χ0v) is 9.06. The van der Waals surface area contributed by atoms with Crippen molar-refractivity contribution in [1.29, 1.82) is 0 Å². The van der Waals surface area contributed by atoms with E-state index in [1.165, 1.54) is 4.31 Å². The lowest BCUT2D eigenvalue weighted by Gasteiger charge is -2.30. The molecule has 0 aliphatic carbocycles. The predicted octanol–water partition coefficient (Wildman–Crippen LogP) is -0.867. The van der Waals surface area contributed by atoms with Crippen molar-refractivity contribution in [3.63, 3.8) is 0 Å². The Bertz CT molecular complexity index is 259. The molecular weight excluding hydrogens is 190 g/mol. The number of hydrogen-bond acceptors (Lipinski definition) is 3. The first kappa shape index (κ1) is 10.9. The quantitative estimate of drug-likeness (QED) is 0.630. The van der Waals surface area contributed by atoms with E-state index in [-0.39, 0.29) is 12.1 Å². The molecule has 0 aromatic carbocycles. The van der Waals surface area contributed by atoms with Crippen molar-refractivity contribution in [2.45, 2.75) is 25.9 Å². The van der Waals surface area contributed by atoms with Crippen LogP contribution in [0.3, 0.4) is 0 Å². The van der Waals surface area contributed by atoms with Gasteiger partial charge >= 0.3 is 0 Å². The van der Waals surface area contributed by atoms with Crippen molar-refractivity contribution in [2.24, 2.45) is 0 Å². The van der Waals surface area contributed by atoms with Crippen LogP contribution >= 0.6 is 0 Å². The van der Waals surface area contributed by atoms with E-state index in [1.807, 2.05) is 13.8 Å². The van der Waals surface area contributed by atoms with Gasteiger partial charge < -0.3 is 5.32 Å². The Balaban J connectivity index is 2.53. The van der Waals surface area contributed by atoms with Gasteiger partial charge in [-0.25, -0.2) is 0 Å². The van der Waals surface area contributed by atoms with Crippen LogP contribution in [-0.4, -0.2) is 44.9 Å². The molecule has 6 heteroatoms. The van der Waals surface area contributed by atoms with Crippen LogP contribution in [-0.2, 0) is 10.2 Å². The van der Waals surface area contributed by atoms with Crippen LogP contribution in [0.5, 0.6) is 0 Å². The molecule has 1 saturated heterocycles. The van der Waals surface area contributed by atoms with Crippen LogP contribution in [0.1, 0.15) is 13.8 Å². The summed E-state index contributed by atoms with van der Waals surface area (Å²) in [7, 11) is -1.69. The fraction of sp³-hybridized carbons (Fsp3) is 1.00. The minimum Gasteiger partial charge on any atom is -0.313 e. The molecule has 13 heavy (non-hydrogen) atoms. The van der Waals surface area contributed by atoms with Gasteiger partial charge in [0.05, 0.1) is 0 Å². The van der Waals surface area contributed by atoms with E-state index in [0.717, 1.165) is 13.1 Å². The Morgan fingerprint density at radius 3 is 2.31 bits per heavy atom. The van der Waals surface area contributed by atoms with Gasteiger partial charge in [-0.05, 0) is 13.8 Å². The van der Waals surface area contributed by atoms with E-state index < -0.39 is 10.2 Å². The van der Waals surface area contributed by atoms with Crippen LogP contribution in [0.15, 0.2) is 0 Å². The summed E-state index contributed by atoms with van der Waals surface area (Å²) in [6, 6.07) is 0.0525. The van der Waals surface area contributed by atoms with Crippen molar-refractivity contribution >= 4 is 10.2 Å². The first-order valence-corrected chi connectivity index (χ1v) is 5.83. The van der Waals surface area contributed by atoms with Gasteiger partial charge in [-0.2, -0.15) is 17.4 Å². The fourth-order valence-electron chi connectivity index (χ4n) is 0.943. The summed E-state index contributed by atoms with van der Waals surface area (Å²) < 4.78 is 27.1. The highest BCUT2D eigenvalue weighted by Crippen LogP contribution is 2.03. The summed E-state index contributed by atoms with van der Waals surface area (Å²) in [6.45, 7) is 5.15. The molecular formula is C7H17N3O2S. The fourth-order valence-corrected chi connectivity index (χ4v) is 2.25. The molecule has 0 aromatic rings. The van der Waals surface area contributed by atoms with Gasteiger partial charge in [0, 0.05) is 32.2 Å². The number of nitrogens with zero attached hydrogens (tertiary/aromatic N) is 1. The third kappa shape index (κ3) is 2.63. The highest BCUT2D eigenvalue weighted by Gasteiger charge is 2.27. The zero-order valence-electron chi connectivity index (χ0n) is 8.24. The van der Waals surface area contributed by atoms with Crippen LogP contribution in [0, 0.1) is 0 Å². The van der Waals surface area contributed by atoms with Gasteiger partial charge in [0.1, 0.15) is 0 Å². The first-order chi connectivity index (χ1) is 5.93. The second kappa shape index (κ2) is 3.91. The number of hydrogen-bond donors (Lipinski definition) is 2. The molecule has 2 N–H and O–H groups in total. The standard InChI is InChI=1S/C7H17N3O2S/c1-6(2)10(3)13(11,12)9-7-4-8-5-7/h6-9H,4-5H2,1-3H3. The molecule has 1 aliphatic heterocycles. The number of nitrogens with one attached hydrogen (secondary N) is 2. The van der Waals surface area contributed by atoms with E-state index in [4.69, 9.17) is 0 Å². The maximum Gasteiger partial charge on any atom is 0.279 e. The van der Waals surface area contributed by atoms with Crippen molar-refractivity contribution in [3.8, 4) is 0 Å². The molecule has 0 bridgehead atoms. The molecule has 5 nitrogen and oxygen atoms in total. The molecule has 1 heterocycles. The minimum atomic E-state index is -3.28. The first-order valence-electron chi connectivity index (χ1n) is 4.39. The summed E-state index contributed by atoms with van der Waals surface area (Å²) >= 11 is 0. The van der Waals surface area contributed by atoms with Crippen LogP contribution in [0.4, 0.5) is 0 Å². The summed E-state index contributed by atoms with van der Waals surface area (Å²) in [4.78, 5) is 0. The molecule has 1 aliphatic rings. The molecule has 0 atom stereocenters. The SMILES string of the molecule is CC(C)N(C)S(=O)(=O)NC1CNC1. The maximum absolute atomic E-state index is 11.6. The molecule has 0 saturated carbocycles. The third-order valence-corrected chi connectivity index (χ3v) is 4.01. The Hall–Kier alpha value is -0.170. The average molecular weight is 207 g/mol. The zero-order chi connectivity index (χ0) is 10.1. The van der Waals surface area contributed by atoms with Crippen LogP contribution in [0.2, 0.25) is 0 Å². The average Bonchev–Trinajstić information content (AvgIpc) is 1.95. The molecule has 0 unspecified atom stereocenters. The van der Waals surface area contributed by atoms with Crippen LogP contribution < -0.4 is 10.0 Å².